The van der Waals surface area contributed by atoms with Crippen molar-refractivity contribution in [1.29, 1.82) is 0 Å². The quantitative estimate of drug-likeness (QED) is 0.739. The molecule has 0 unspecified atom stereocenters. The summed E-state index contributed by atoms with van der Waals surface area (Å²) < 4.78 is 1.22. The van der Waals surface area contributed by atoms with Crippen LogP contribution in [0.15, 0.2) is 16.1 Å². The summed E-state index contributed by atoms with van der Waals surface area (Å²) in [6.07, 6.45) is 3.52. The van der Waals surface area contributed by atoms with Crippen LogP contribution in [0.3, 0.4) is 0 Å². The minimum absolute atomic E-state index is 0.598. The van der Waals surface area contributed by atoms with Crippen molar-refractivity contribution < 1.29 is 0 Å². The highest BCUT2D eigenvalue weighted by molar-refractivity contribution is 9.10. The summed E-state index contributed by atoms with van der Waals surface area (Å²) in [5.74, 6) is 0.598. The third-order valence-electron chi connectivity index (χ3n) is 2.70. The molecule has 3 heteroatoms. The third-order valence-corrected chi connectivity index (χ3v) is 4.79. The van der Waals surface area contributed by atoms with Crippen LogP contribution in [0, 0.1) is 12.8 Å². The van der Waals surface area contributed by atoms with Crippen molar-refractivity contribution in [3.05, 3.63) is 25.9 Å². The Hall–Kier alpha value is -0.120. The highest BCUT2D eigenvalue weighted by Gasteiger charge is 2.06. The van der Waals surface area contributed by atoms with Crippen LogP contribution in [0.2, 0.25) is 0 Å². The van der Waals surface area contributed by atoms with Gasteiger partial charge in [0.25, 0.3) is 0 Å². The van der Waals surface area contributed by atoms with Gasteiger partial charge in [0.05, 0.1) is 0 Å². The van der Waals surface area contributed by atoms with E-state index in [-0.39, 0.29) is 0 Å². The molecule has 0 fully saturated rings. The maximum atomic E-state index is 3.57. The molecule has 0 radical (unpaired) electrons. The Morgan fingerprint density at radius 3 is 2.71 bits per heavy atom. The van der Waals surface area contributed by atoms with Gasteiger partial charge in [0.15, 0.2) is 0 Å². The van der Waals surface area contributed by atoms with Gasteiger partial charge >= 0.3 is 0 Å². The molecular weight excluding hydrogens is 294 g/mol. The topological polar surface area (TPSA) is 12.0 Å². The molecule has 1 heterocycles. The molecule has 0 aliphatic carbocycles. The number of nitrogens with one attached hydrogen (secondary N) is 1. The van der Waals surface area contributed by atoms with Crippen LogP contribution in [-0.2, 0) is 0 Å². The van der Waals surface area contributed by atoms with Gasteiger partial charge in [-0.15, -0.1) is 11.3 Å². The lowest BCUT2D eigenvalue weighted by molar-refractivity contribution is 0.657. The number of halogens is 1. The molecule has 0 aliphatic heterocycles. The number of thiophene rings is 1. The molecule has 1 N–H and O–H groups in total. The molecule has 0 aliphatic rings. The van der Waals surface area contributed by atoms with Gasteiger partial charge in [-0.25, -0.2) is 0 Å². The van der Waals surface area contributed by atoms with Crippen LogP contribution < -0.4 is 5.32 Å². The molecule has 0 saturated carbocycles. The lowest BCUT2D eigenvalue weighted by Crippen LogP contribution is -2.19. The van der Waals surface area contributed by atoms with Gasteiger partial charge in [0.1, 0.15) is 0 Å². The second-order valence-corrected chi connectivity index (χ2v) is 6.75. The minimum Gasteiger partial charge on any atom is -0.313 e. The molecule has 0 atom stereocenters. The van der Waals surface area contributed by atoms with Crippen LogP contribution in [0.4, 0.5) is 0 Å². The maximum Gasteiger partial charge on any atom is 0.0317 e. The van der Waals surface area contributed by atoms with Gasteiger partial charge in [-0.3, -0.25) is 0 Å². The van der Waals surface area contributed by atoms with Crippen molar-refractivity contribution in [3.63, 3.8) is 0 Å². The van der Waals surface area contributed by atoms with Crippen molar-refractivity contribution in [2.75, 3.05) is 13.1 Å². The summed E-state index contributed by atoms with van der Waals surface area (Å²) in [5.41, 5.74) is 1.48. The summed E-state index contributed by atoms with van der Waals surface area (Å²) in [7, 11) is 0. The van der Waals surface area contributed by atoms with E-state index in [0.29, 0.717) is 5.92 Å². The third kappa shape index (κ3) is 4.94. The van der Waals surface area contributed by atoms with Crippen LogP contribution >= 0.6 is 27.3 Å². The van der Waals surface area contributed by atoms with Crippen molar-refractivity contribution in [1.82, 2.24) is 5.32 Å². The predicted octanol–water partition coefficient (Wildman–Crippen LogP) is 4.86. The zero-order valence-electron chi connectivity index (χ0n) is 11.1. The second kappa shape index (κ2) is 7.34. The standard InChI is InChI=1S/C14H22BrNS/c1-5-6-16-9-12(10(2)3)7-13-8-14(15)11(4)17-13/h7-8,10,16H,5-6,9H2,1-4H3. The van der Waals surface area contributed by atoms with E-state index in [0.717, 1.165) is 13.1 Å². The Labute approximate surface area is 117 Å². The molecule has 1 nitrogen and oxygen atoms in total. The number of rotatable bonds is 6. The molecule has 0 spiro atoms. The van der Waals surface area contributed by atoms with Gasteiger partial charge in [0, 0.05) is 20.8 Å². The Bertz CT molecular complexity index is 360. The Morgan fingerprint density at radius 2 is 2.24 bits per heavy atom. The lowest BCUT2D eigenvalue weighted by atomic mass is 10.0. The maximum absolute atomic E-state index is 3.57. The highest BCUT2D eigenvalue weighted by atomic mass is 79.9. The van der Waals surface area contributed by atoms with E-state index in [9.17, 15) is 0 Å². The second-order valence-electron chi connectivity index (χ2n) is 4.60. The number of hydrogen-bond acceptors (Lipinski definition) is 2. The zero-order chi connectivity index (χ0) is 12.8. The summed E-state index contributed by atoms with van der Waals surface area (Å²) >= 11 is 5.42. The van der Waals surface area contributed by atoms with E-state index < -0.39 is 0 Å². The van der Waals surface area contributed by atoms with Crippen LogP contribution in [0.1, 0.15) is 36.9 Å². The van der Waals surface area contributed by atoms with E-state index in [1.54, 1.807) is 0 Å². The first-order valence-electron chi connectivity index (χ1n) is 6.21. The lowest BCUT2D eigenvalue weighted by Gasteiger charge is -2.12. The molecule has 0 bridgehead atoms. The van der Waals surface area contributed by atoms with E-state index in [2.05, 4.69) is 61.1 Å². The average Bonchev–Trinajstić information content (AvgIpc) is 2.57. The van der Waals surface area contributed by atoms with Gasteiger partial charge in [-0.05, 0) is 53.9 Å². The van der Waals surface area contributed by atoms with Gasteiger partial charge < -0.3 is 5.32 Å². The Kier molecular flexibility index (Phi) is 6.45. The van der Waals surface area contributed by atoms with Crippen LogP contribution in [0.5, 0.6) is 0 Å². The Morgan fingerprint density at radius 1 is 1.53 bits per heavy atom. The first kappa shape index (κ1) is 14.9. The molecular formula is C14H22BrNS. The van der Waals surface area contributed by atoms with E-state index in [4.69, 9.17) is 0 Å². The number of hydrogen-bond donors (Lipinski definition) is 1. The zero-order valence-corrected chi connectivity index (χ0v) is 13.5. The molecule has 1 aromatic heterocycles. The molecule has 0 aromatic carbocycles. The summed E-state index contributed by atoms with van der Waals surface area (Å²) in [6, 6.07) is 2.21. The van der Waals surface area contributed by atoms with Crippen molar-refractivity contribution >= 4 is 33.3 Å². The molecule has 96 valence electrons. The number of aryl methyl sites for hydroxylation is 1. The van der Waals surface area contributed by atoms with Gasteiger partial charge in [-0.2, -0.15) is 0 Å². The fourth-order valence-electron chi connectivity index (χ4n) is 1.57. The molecule has 1 rings (SSSR count). The summed E-state index contributed by atoms with van der Waals surface area (Å²) in [4.78, 5) is 2.69. The van der Waals surface area contributed by atoms with Gasteiger partial charge in [0.2, 0.25) is 0 Å². The first-order valence-corrected chi connectivity index (χ1v) is 7.82. The minimum atomic E-state index is 0.598. The van der Waals surface area contributed by atoms with Crippen LogP contribution in [0.25, 0.3) is 6.08 Å². The fourth-order valence-corrected chi connectivity index (χ4v) is 3.10. The SMILES string of the molecule is CCCNCC(=Cc1cc(Br)c(C)s1)C(C)C. The molecule has 17 heavy (non-hydrogen) atoms. The predicted molar refractivity (Wildman–Crippen MR) is 82.7 cm³/mol. The largest absolute Gasteiger partial charge is 0.313 e. The van der Waals surface area contributed by atoms with Crippen molar-refractivity contribution in [2.24, 2.45) is 5.92 Å². The Balaban J connectivity index is 2.75. The average molecular weight is 316 g/mol. The normalized spacial score (nSPS) is 12.5. The van der Waals surface area contributed by atoms with Crippen molar-refractivity contribution in [2.45, 2.75) is 34.1 Å². The van der Waals surface area contributed by atoms with Gasteiger partial charge in [-0.1, -0.05) is 26.3 Å². The smallest absolute Gasteiger partial charge is 0.0317 e. The monoisotopic (exact) mass is 315 g/mol. The van der Waals surface area contributed by atoms with E-state index in [1.807, 2.05) is 11.3 Å². The molecule has 0 saturated heterocycles. The van der Waals surface area contributed by atoms with E-state index >= 15 is 0 Å². The van der Waals surface area contributed by atoms with E-state index in [1.165, 1.54) is 26.2 Å². The highest BCUT2D eigenvalue weighted by Crippen LogP contribution is 2.28. The summed E-state index contributed by atoms with van der Waals surface area (Å²) in [5, 5.41) is 3.48. The van der Waals surface area contributed by atoms with Crippen molar-refractivity contribution in [3.8, 4) is 0 Å². The fraction of sp³-hybridized carbons (Fsp3) is 0.571. The first-order chi connectivity index (χ1) is 8.04. The van der Waals surface area contributed by atoms with Crippen LogP contribution in [-0.4, -0.2) is 13.1 Å². The molecule has 0 amide bonds. The molecule has 1 aromatic rings. The summed E-state index contributed by atoms with van der Waals surface area (Å²) in [6.45, 7) is 11.0.